The van der Waals surface area contributed by atoms with Gasteiger partial charge in [0.05, 0.1) is 5.75 Å². The van der Waals surface area contributed by atoms with Crippen LogP contribution >= 0.6 is 11.8 Å². The lowest BCUT2D eigenvalue weighted by molar-refractivity contribution is -0.113. The summed E-state index contributed by atoms with van der Waals surface area (Å²) in [5.74, 6) is -0.0354. The van der Waals surface area contributed by atoms with E-state index in [1.807, 2.05) is 43.3 Å². The van der Waals surface area contributed by atoms with Gasteiger partial charge in [0.25, 0.3) is 5.56 Å². The van der Waals surface area contributed by atoms with Gasteiger partial charge in [-0.1, -0.05) is 11.8 Å². The zero-order valence-corrected chi connectivity index (χ0v) is 14.5. The zero-order chi connectivity index (χ0) is 18.0. The van der Waals surface area contributed by atoms with Crippen molar-refractivity contribution >= 4 is 46.2 Å². The number of rotatable bonds is 5. The number of benzene rings is 1. The number of aromatic nitrogens is 4. The molecular weight excluding hydrogens is 342 g/mol. The molecule has 9 nitrogen and oxygen atoms in total. The number of nitrogens with one attached hydrogen (secondary N) is 3. The van der Waals surface area contributed by atoms with Crippen LogP contribution in [0.25, 0.3) is 11.2 Å². The molecule has 10 heteroatoms. The first-order chi connectivity index (χ1) is 11.9. The first kappa shape index (κ1) is 16.8. The van der Waals surface area contributed by atoms with Gasteiger partial charge in [-0.15, -0.1) is 0 Å². The second-order valence-corrected chi connectivity index (χ2v) is 6.43. The van der Waals surface area contributed by atoms with E-state index in [9.17, 15) is 9.59 Å². The monoisotopic (exact) mass is 359 g/mol. The van der Waals surface area contributed by atoms with Crippen molar-refractivity contribution in [2.45, 2.75) is 5.16 Å². The highest BCUT2D eigenvalue weighted by molar-refractivity contribution is 7.99. The SMILES string of the molecule is CN(C)c1ccc(NC(=O)CSc2nc3nc(N)[nH]c(=O)c3[nH]2)cc1. The van der Waals surface area contributed by atoms with Gasteiger partial charge in [0, 0.05) is 25.5 Å². The number of aromatic amines is 2. The smallest absolute Gasteiger partial charge is 0.278 e. The van der Waals surface area contributed by atoms with Crippen LogP contribution in [-0.2, 0) is 4.79 Å². The largest absolute Gasteiger partial charge is 0.378 e. The Balaban J connectivity index is 1.62. The molecule has 2 aromatic heterocycles. The van der Waals surface area contributed by atoms with Crippen LogP contribution in [0.4, 0.5) is 17.3 Å². The molecule has 0 spiro atoms. The second-order valence-electron chi connectivity index (χ2n) is 5.47. The molecule has 0 aliphatic carbocycles. The van der Waals surface area contributed by atoms with Crippen molar-refractivity contribution in [3.8, 4) is 0 Å². The number of nitrogens with zero attached hydrogens (tertiary/aromatic N) is 3. The molecule has 5 N–H and O–H groups in total. The molecule has 1 aromatic carbocycles. The molecule has 0 atom stereocenters. The molecule has 25 heavy (non-hydrogen) atoms. The minimum atomic E-state index is -0.396. The lowest BCUT2D eigenvalue weighted by Crippen LogP contribution is -2.14. The molecule has 130 valence electrons. The summed E-state index contributed by atoms with van der Waals surface area (Å²) in [6.07, 6.45) is 0. The summed E-state index contributed by atoms with van der Waals surface area (Å²) in [6, 6.07) is 7.52. The second kappa shape index (κ2) is 6.85. The topological polar surface area (TPSA) is 133 Å². The molecule has 3 rings (SSSR count). The minimum absolute atomic E-state index is 0.000496. The van der Waals surface area contributed by atoms with Gasteiger partial charge in [0.1, 0.15) is 0 Å². The predicted octanol–water partition coefficient (Wildman–Crippen LogP) is 1.03. The first-order valence-electron chi connectivity index (χ1n) is 7.38. The highest BCUT2D eigenvalue weighted by atomic mass is 32.2. The van der Waals surface area contributed by atoms with E-state index in [4.69, 9.17) is 5.73 Å². The third-order valence-electron chi connectivity index (χ3n) is 3.37. The summed E-state index contributed by atoms with van der Waals surface area (Å²) in [6.45, 7) is 0. The maximum Gasteiger partial charge on any atom is 0.278 e. The van der Waals surface area contributed by atoms with E-state index in [1.54, 1.807) is 0 Å². The van der Waals surface area contributed by atoms with Gasteiger partial charge < -0.3 is 20.9 Å². The summed E-state index contributed by atoms with van der Waals surface area (Å²) in [7, 11) is 3.90. The van der Waals surface area contributed by atoms with Crippen LogP contribution in [0.5, 0.6) is 0 Å². The molecule has 0 aliphatic rings. The summed E-state index contributed by atoms with van der Waals surface area (Å²) in [5, 5.41) is 3.24. The summed E-state index contributed by atoms with van der Waals surface area (Å²) < 4.78 is 0. The summed E-state index contributed by atoms with van der Waals surface area (Å²) in [5.41, 5.74) is 7.30. The fraction of sp³-hybridized carbons (Fsp3) is 0.200. The Morgan fingerprint density at radius 1 is 1.24 bits per heavy atom. The number of thioether (sulfide) groups is 1. The number of fused-ring (bicyclic) bond motifs is 1. The Morgan fingerprint density at radius 2 is 1.96 bits per heavy atom. The molecule has 1 amide bonds. The van der Waals surface area contributed by atoms with Crippen molar-refractivity contribution in [2.24, 2.45) is 0 Å². The number of nitrogen functional groups attached to an aromatic ring is 1. The van der Waals surface area contributed by atoms with Crippen molar-refractivity contribution in [2.75, 3.05) is 35.8 Å². The Kier molecular flexibility index (Phi) is 4.61. The Labute approximate surface area is 147 Å². The molecule has 0 bridgehead atoms. The van der Waals surface area contributed by atoms with E-state index < -0.39 is 5.56 Å². The van der Waals surface area contributed by atoms with Gasteiger partial charge >= 0.3 is 0 Å². The van der Waals surface area contributed by atoms with Crippen LogP contribution in [0.3, 0.4) is 0 Å². The van der Waals surface area contributed by atoms with Crippen molar-refractivity contribution in [1.29, 1.82) is 0 Å². The number of hydrogen-bond donors (Lipinski definition) is 4. The molecule has 0 fully saturated rings. The fourth-order valence-electron chi connectivity index (χ4n) is 2.15. The van der Waals surface area contributed by atoms with E-state index in [-0.39, 0.29) is 28.8 Å². The molecule has 0 saturated carbocycles. The van der Waals surface area contributed by atoms with Crippen LogP contribution < -0.4 is 21.5 Å². The lowest BCUT2D eigenvalue weighted by atomic mass is 10.2. The van der Waals surface area contributed by atoms with Gasteiger partial charge in [-0.25, -0.2) is 4.98 Å². The third kappa shape index (κ3) is 3.91. The molecule has 3 aromatic rings. The quantitative estimate of drug-likeness (QED) is 0.500. The molecule has 0 unspecified atom stereocenters. The molecule has 0 radical (unpaired) electrons. The third-order valence-corrected chi connectivity index (χ3v) is 4.24. The van der Waals surface area contributed by atoms with E-state index in [1.165, 1.54) is 11.8 Å². The van der Waals surface area contributed by atoms with Gasteiger partial charge in [-0.3, -0.25) is 14.6 Å². The maximum atomic E-state index is 12.1. The number of nitrogens with two attached hydrogens (primary N) is 1. The maximum absolute atomic E-state index is 12.1. The molecule has 0 saturated heterocycles. The summed E-state index contributed by atoms with van der Waals surface area (Å²) in [4.78, 5) is 39.1. The van der Waals surface area contributed by atoms with E-state index in [0.717, 1.165) is 5.69 Å². The number of H-pyrrole nitrogens is 2. The van der Waals surface area contributed by atoms with E-state index >= 15 is 0 Å². The van der Waals surface area contributed by atoms with Gasteiger partial charge in [0.15, 0.2) is 16.3 Å². The number of anilines is 3. The highest BCUT2D eigenvalue weighted by Gasteiger charge is 2.11. The van der Waals surface area contributed by atoms with Crippen LogP contribution in [0.15, 0.2) is 34.2 Å². The first-order valence-corrected chi connectivity index (χ1v) is 8.36. The number of carbonyl (C=O) groups is 1. The van der Waals surface area contributed by atoms with Crippen molar-refractivity contribution in [3.05, 3.63) is 34.6 Å². The lowest BCUT2D eigenvalue weighted by Gasteiger charge is -2.12. The average Bonchev–Trinajstić information content (AvgIpc) is 2.97. The molecule has 2 heterocycles. The minimum Gasteiger partial charge on any atom is -0.378 e. The standard InChI is InChI=1S/C15H17N7O2S/c1-22(2)9-5-3-8(4-6-9)17-10(23)7-25-15-18-11-12(20-15)19-14(16)21-13(11)24/h3-6H,7H2,1-2H3,(H,17,23)(H4,16,18,19,20,21,24). The zero-order valence-electron chi connectivity index (χ0n) is 13.7. The highest BCUT2D eigenvalue weighted by Crippen LogP contribution is 2.18. The number of hydrogen-bond acceptors (Lipinski definition) is 7. The number of imidazole rings is 1. The van der Waals surface area contributed by atoms with Crippen molar-refractivity contribution in [1.82, 2.24) is 19.9 Å². The average molecular weight is 359 g/mol. The fourth-order valence-corrected chi connectivity index (χ4v) is 2.81. The van der Waals surface area contributed by atoms with Crippen LogP contribution in [-0.4, -0.2) is 45.7 Å². The van der Waals surface area contributed by atoms with Crippen LogP contribution in [0.2, 0.25) is 0 Å². The van der Waals surface area contributed by atoms with Crippen LogP contribution in [0, 0.1) is 0 Å². The Morgan fingerprint density at radius 3 is 2.64 bits per heavy atom. The number of carbonyl (C=O) groups excluding carboxylic acids is 1. The number of amides is 1. The van der Waals surface area contributed by atoms with E-state index in [2.05, 4.69) is 25.3 Å². The Hall–Kier alpha value is -3.01. The normalized spacial score (nSPS) is 10.8. The molecule has 0 aliphatic heterocycles. The summed E-state index contributed by atoms with van der Waals surface area (Å²) >= 11 is 1.18. The van der Waals surface area contributed by atoms with Crippen LogP contribution in [0.1, 0.15) is 0 Å². The van der Waals surface area contributed by atoms with Gasteiger partial charge in [-0.05, 0) is 24.3 Å². The Bertz CT molecular complexity index is 962. The van der Waals surface area contributed by atoms with Crippen molar-refractivity contribution in [3.63, 3.8) is 0 Å². The molecular formula is C15H17N7O2S. The van der Waals surface area contributed by atoms with Gasteiger partial charge in [-0.2, -0.15) is 4.98 Å². The van der Waals surface area contributed by atoms with E-state index in [0.29, 0.717) is 10.8 Å². The van der Waals surface area contributed by atoms with Crippen molar-refractivity contribution < 1.29 is 4.79 Å². The van der Waals surface area contributed by atoms with Gasteiger partial charge in [0.2, 0.25) is 11.9 Å². The predicted molar refractivity (Wildman–Crippen MR) is 99.0 cm³/mol.